The molecular formula is C17H24N4O2. The average molecular weight is 316 g/mol. The molecule has 1 fully saturated rings. The Bertz CT molecular complexity index is 717. The number of pyridine rings is 1. The third kappa shape index (κ3) is 3.08. The number of amides is 1. The lowest BCUT2D eigenvalue weighted by molar-refractivity contribution is 0.0713. The summed E-state index contributed by atoms with van der Waals surface area (Å²) in [7, 11) is 0. The van der Waals surface area contributed by atoms with E-state index in [0.29, 0.717) is 5.56 Å². The molecule has 3 heterocycles. The Balaban J connectivity index is 1.90. The SMILES string of the molecule is Cc1cc(C(=O)N[C@@H](C)[C@H]2CCCO2)c2cnn(C(C)C)c2n1. The van der Waals surface area contributed by atoms with Crippen LogP contribution in [-0.2, 0) is 4.74 Å². The number of aromatic nitrogens is 3. The highest BCUT2D eigenvalue weighted by molar-refractivity contribution is 6.05. The van der Waals surface area contributed by atoms with Gasteiger partial charge in [0.15, 0.2) is 5.65 Å². The Labute approximate surface area is 136 Å². The summed E-state index contributed by atoms with van der Waals surface area (Å²) < 4.78 is 7.50. The minimum Gasteiger partial charge on any atom is -0.376 e. The molecule has 0 unspecified atom stereocenters. The van der Waals surface area contributed by atoms with Crippen LogP contribution in [0.4, 0.5) is 0 Å². The van der Waals surface area contributed by atoms with E-state index in [0.717, 1.165) is 36.2 Å². The molecule has 0 bridgehead atoms. The van der Waals surface area contributed by atoms with Gasteiger partial charge in [-0.05, 0) is 46.6 Å². The number of carbonyl (C=O) groups is 1. The number of hydrogen-bond acceptors (Lipinski definition) is 4. The van der Waals surface area contributed by atoms with Gasteiger partial charge in [-0.25, -0.2) is 9.67 Å². The number of aryl methyl sites for hydroxylation is 1. The molecule has 0 saturated carbocycles. The molecule has 0 aromatic carbocycles. The Morgan fingerprint density at radius 2 is 2.22 bits per heavy atom. The van der Waals surface area contributed by atoms with Crippen LogP contribution in [0.2, 0.25) is 0 Å². The number of nitrogens with one attached hydrogen (secondary N) is 1. The van der Waals surface area contributed by atoms with Crippen molar-refractivity contribution in [3.05, 3.63) is 23.5 Å². The molecule has 0 spiro atoms. The van der Waals surface area contributed by atoms with E-state index < -0.39 is 0 Å². The number of ether oxygens (including phenoxy) is 1. The number of nitrogens with zero attached hydrogens (tertiary/aromatic N) is 3. The topological polar surface area (TPSA) is 69.0 Å². The molecule has 1 saturated heterocycles. The van der Waals surface area contributed by atoms with E-state index in [1.165, 1.54) is 0 Å². The first-order valence-corrected chi connectivity index (χ1v) is 8.24. The van der Waals surface area contributed by atoms with Crippen LogP contribution in [0.5, 0.6) is 0 Å². The average Bonchev–Trinajstić information content (AvgIpc) is 3.15. The van der Waals surface area contributed by atoms with Crippen LogP contribution in [0.25, 0.3) is 11.0 Å². The third-order valence-electron chi connectivity index (χ3n) is 4.31. The molecule has 2 atom stereocenters. The summed E-state index contributed by atoms with van der Waals surface area (Å²) in [6.45, 7) is 8.78. The van der Waals surface area contributed by atoms with Crippen LogP contribution < -0.4 is 5.32 Å². The van der Waals surface area contributed by atoms with E-state index in [1.807, 2.05) is 24.6 Å². The predicted molar refractivity (Wildman–Crippen MR) is 88.6 cm³/mol. The second-order valence-corrected chi connectivity index (χ2v) is 6.54. The molecule has 124 valence electrons. The van der Waals surface area contributed by atoms with Crippen LogP contribution in [0.15, 0.2) is 12.3 Å². The van der Waals surface area contributed by atoms with Gasteiger partial charge in [-0.15, -0.1) is 0 Å². The van der Waals surface area contributed by atoms with Crippen LogP contribution >= 0.6 is 0 Å². The van der Waals surface area contributed by atoms with Crippen molar-refractivity contribution >= 4 is 16.9 Å². The maximum Gasteiger partial charge on any atom is 0.252 e. The highest BCUT2D eigenvalue weighted by Crippen LogP contribution is 2.22. The second-order valence-electron chi connectivity index (χ2n) is 6.54. The Hall–Kier alpha value is -1.95. The largest absolute Gasteiger partial charge is 0.376 e. The Morgan fingerprint density at radius 1 is 1.43 bits per heavy atom. The normalized spacial score (nSPS) is 19.4. The van der Waals surface area contributed by atoms with Gasteiger partial charge in [0.25, 0.3) is 5.91 Å². The van der Waals surface area contributed by atoms with Gasteiger partial charge in [-0.3, -0.25) is 4.79 Å². The summed E-state index contributed by atoms with van der Waals surface area (Å²) in [5.74, 6) is -0.0909. The zero-order chi connectivity index (χ0) is 16.6. The fourth-order valence-corrected chi connectivity index (χ4v) is 3.08. The molecule has 23 heavy (non-hydrogen) atoms. The molecule has 0 radical (unpaired) electrons. The fraction of sp³-hybridized carbons (Fsp3) is 0.588. The van der Waals surface area contributed by atoms with Crippen LogP contribution in [0.1, 0.15) is 55.7 Å². The van der Waals surface area contributed by atoms with E-state index >= 15 is 0 Å². The highest BCUT2D eigenvalue weighted by atomic mass is 16.5. The Morgan fingerprint density at radius 3 is 2.87 bits per heavy atom. The van der Waals surface area contributed by atoms with E-state index in [2.05, 4.69) is 29.2 Å². The van der Waals surface area contributed by atoms with Crippen molar-refractivity contribution in [1.82, 2.24) is 20.1 Å². The van der Waals surface area contributed by atoms with Gasteiger partial charge in [-0.1, -0.05) is 0 Å². The highest BCUT2D eigenvalue weighted by Gasteiger charge is 2.25. The summed E-state index contributed by atoms with van der Waals surface area (Å²) in [4.78, 5) is 17.3. The third-order valence-corrected chi connectivity index (χ3v) is 4.31. The van der Waals surface area contributed by atoms with Gasteiger partial charge in [0.2, 0.25) is 0 Å². The summed E-state index contributed by atoms with van der Waals surface area (Å²) in [5.41, 5.74) is 2.20. The lowest BCUT2D eigenvalue weighted by atomic mass is 10.1. The molecule has 6 heteroatoms. The van der Waals surface area contributed by atoms with E-state index in [1.54, 1.807) is 6.20 Å². The smallest absolute Gasteiger partial charge is 0.252 e. The Kier molecular flexibility index (Phi) is 4.35. The zero-order valence-electron chi connectivity index (χ0n) is 14.2. The van der Waals surface area contributed by atoms with Crippen molar-refractivity contribution in [2.24, 2.45) is 0 Å². The minimum absolute atomic E-state index is 0.00587. The van der Waals surface area contributed by atoms with Gasteiger partial charge in [0.1, 0.15) is 0 Å². The molecule has 6 nitrogen and oxygen atoms in total. The lowest BCUT2D eigenvalue weighted by Crippen LogP contribution is -2.40. The van der Waals surface area contributed by atoms with Crippen LogP contribution in [0, 0.1) is 6.92 Å². The zero-order valence-corrected chi connectivity index (χ0v) is 14.2. The first-order chi connectivity index (χ1) is 11.0. The first-order valence-electron chi connectivity index (χ1n) is 8.24. The van der Waals surface area contributed by atoms with E-state index in [4.69, 9.17) is 4.74 Å². The van der Waals surface area contributed by atoms with Gasteiger partial charge >= 0.3 is 0 Å². The van der Waals surface area contributed by atoms with E-state index in [-0.39, 0.29) is 24.1 Å². The predicted octanol–water partition coefficient (Wildman–Crippen LogP) is 2.62. The van der Waals surface area contributed by atoms with Gasteiger partial charge < -0.3 is 10.1 Å². The van der Waals surface area contributed by atoms with Gasteiger partial charge in [-0.2, -0.15) is 5.10 Å². The van der Waals surface area contributed by atoms with Gasteiger partial charge in [0, 0.05) is 18.3 Å². The van der Waals surface area contributed by atoms with Crippen molar-refractivity contribution in [3.63, 3.8) is 0 Å². The lowest BCUT2D eigenvalue weighted by Gasteiger charge is -2.20. The summed E-state index contributed by atoms with van der Waals surface area (Å²) in [5, 5.41) is 8.25. The molecule has 0 aliphatic carbocycles. The molecule has 1 aliphatic heterocycles. The summed E-state index contributed by atoms with van der Waals surface area (Å²) in [6, 6.07) is 2.02. The molecule has 2 aromatic rings. The van der Waals surface area contributed by atoms with Crippen molar-refractivity contribution in [3.8, 4) is 0 Å². The van der Waals surface area contributed by atoms with Crippen LogP contribution in [0.3, 0.4) is 0 Å². The minimum atomic E-state index is -0.0909. The number of rotatable bonds is 4. The van der Waals surface area contributed by atoms with Gasteiger partial charge in [0.05, 0.1) is 29.3 Å². The van der Waals surface area contributed by atoms with Crippen molar-refractivity contribution < 1.29 is 9.53 Å². The first kappa shape index (κ1) is 15.9. The molecular weight excluding hydrogens is 292 g/mol. The standard InChI is InChI=1S/C17H24N4O2/c1-10(2)21-16-14(9-18-21)13(8-11(3)19-16)17(22)20-12(4)15-6-5-7-23-15/h8-10,12,15H,5-7H2,1-4H3,(H,20,22)/t12-,15+/m0/s1. The molecule has 1 aliphatic rings. The summed E-state index contributed by atoms with van der Waals surface area (Å²) >= 11 is 0. The maximum absolute atomic E-state index is 12.7. The molecule has 2 aromatic heterocycles. The number of carbonyl (C=O) groups excluding carboxylic acids is 1. The van der Waals surface area contributed by atoms with Crippen LogP contribution in [-0.4, -0.2) is 39.4 Å². The maximum atomic E-state index is 12.7. The molecule has 1 N–H and O–H groups in total. The second kappa shape index (κ2) is 6.28. The monoisotopic (exact) mass is 316 g/mol. The summed E-state index contributed by atoms with van der Waals surface area (Å²) in [6.07, 6.45) is 3.89. The number of hydrogen-bond donors (Lipinski definition) is 1. The van der Waals surface area contributed by atoms with Crippen molar-refractivity contribution in [1.29, 1.82) is 0 Å². The molecule has 3 rings (SSSR count). The van der Waals surface area contributed by atoms with Crippen molar-refractivity contribution in [2.45, 2.75) is 58.7 Å². The number of fused-ring (bicyclic) bond motifs is 1. The quantitative estimate of drug-likeness (QED) is 0.941. The fourth-order valence-electron chi connectivity index (χ4n) is 3.08. The molecule has 1 amide bonds. The van der Waals surface area contributed by atoms with Crippen molar-refractivity contribution in [2.75, 3.05) is 6.61 Å². The van der Waals surface area contributed by atoms with E-state index in [9.17, 15) is 4.79 Å².